The van der Waals surface area contributed by atoms with E-state index in [4.69, 9.17) is 18.9 Å². The molecule has 3 fully saturated rings. The highest BCUT2D eigenvalue weighted by molar-refractivity contribution is 5.98. The van der Waals surface area contributed by atoms with E-state index in [0.29, 0.717) is 32.1 Å². The number of carbonyl (C=O) groups is 3. The maximum atomic E-state index is 15.2. The number of esters is 2. The van der Waals surface area contributed by atoms with E-state index in [-0.39, 0.29) is 47.6 Å². The molecule has 0 saturated heterocycles. The second-order valence-electron chi connectivity index (χ2n) is 13.2. The minimum absolute atomic E-state index is 0.0228. The second kappa shape index (κ2) is 13.5. The fraction of sp³-hybridized carbons (Fsp3) is 0.432. The highest BCUT2D eigenvalue weighted by Gasteiger charge is 2.55. The van der Waals surface area contributed by atoms with Gasteiger partial charge in [-0.3, -0.25) is 14.4 Å². The molecule has 3 aromatic carbocycles. The number of allylic oxidation sites excluding steroid dienone is 1. The molecule has 0 heterocycles. The first-order valence-corrected chi connectivity index (χ1v) is 16.1. The van der Waals surface area contributed by atoms with E-state index < -0.39 is 53.2 Å². The van der Waals surface area contributed by atoms with Gasteiger partial charge in [0.1, 0.15) is 12.4 Å². The molecule has 8 nitrogen and oxygen atoms in total. The molecule has 48 heavy (non-hydrogen) atoms. The minimum atomic E-state index is -1.80. The summed E-state index contributed by atoms with van der Waals surface area (Å²) in [5.74, 6) is -4.63. The summed E-state index contributed by atoms with van der Waals surface area (Å²) in [6, 6.07) is 15.4. The van der Waals surface area contributed by atoms with E-state index in [1.807, 2.05) is 49.4 Å². The third-order valence-corrected chi connectivity index (χ3v) is 10.4. The topological polar surface area (TPSA) is 100 Å². The minimum Gasteiger partial charge on any atom is -0.496 e. The number of fused-ring (bicyclic) bond motifs is 3. The number of nitrogens with one attached hydrogen (secondary N) is 1. The molecule has 3 aromatic rings. The van der Waals surface area contributed by atoms with E-state index in [1.54, 1.807) is 0 Å². The summed E-state index contributed by atoms with van der Waals surface area (Å²) in [4.78, 5) is 39.4. The van der Waals surface area contributed by atoms with Crippen LogP contribution in [0.15, 0.2) is 66.3 Å². The number of rotatable bonds is 9. The zero-order valence-corrected chi connectivity index (χ0v) is 27.0. The Kier molecular flexibility index (Phi) is 9.40. The first-order valence-electron chi connectivity index (χ1n) is 16.1. The molecule has 1 N–H and O–H groups in total. The van der Waals surface area contributed by atoms with E-state index in [9.17, 15) is 23.2 Å². The third-order valence-electron chi connectivity index (χ3n) is 10.4. The Bertz CT molecular complexity index is 1760. The van der Waals surface area contributed by atoms with Crippen LogP contribution in [0.5, 0.6) is 11.5 Å². The standard InChI is InChI=1S/C37H38F3NO7/c1-37(36(44)47-19-21-9-6-8-20-7-4-5-10-24(20)21)13-11-23(12-14-37)48-30-17-27(29(45-2)18-28(30)38)34(42)41-32-22-15-25(26(16-22)33(39)40)31(32)35(43)46-3/h4-10,17-18,22-23,25,31-32H,11-16,19H2,1-3H3,(H,41,42)/t22-,23?,25+,31+,32-,37?/m1/s1. The molecule has 0 aromatic heterocycles. The number of ether oxygens (including phenoxy) is 4. The lowest BCUT2D eigenvalue weighted by Gasteiger charge is -2.35. The van der Waals surface area contributed by atoms with Gasteiger partial charge in [-0.2, -0.15) is 8.78 Å². The van der Waals surface area contributed by atoms with Gasteiger partial charge < -0.3 is 24.3 Å². The smallest absolute Gasteiger partial charge is 0.312 e. The SMILES string of the molecule is COC(=O)[C@@H]1[C@H](NC(=O)c2cc(OC3CCC(C)(C(=O)OCc4cccc5ccccc45)CC3)c(F)cc2OC)[C@H]2CC(=C(F)F)[C@@H]1C2. The summed E-state index contributed by atoms with van der Waals surface area (Å²) in [6.45, 7) is 2.02. The van der Waals surface area contributed by atoms with Crippen molar-refractivity contribution in [1.29, 1.82) is 0 Å². The number of methoxy groups -OCH3 is 2. The fourth-order valence-electron chi connectivity index (χ4n) is 7.70. The normalized spacial score (nSPS) is 26.2. The van der Waals surface area contributed by atoms with E-state index in [0.717, 1.165) is 22.4 Å². The summed E-state index contributed by atoms with van der Waals surface area (Å²) in [7, 11) is 2.47. The molecule has 254 valence electrons. The van der Waals surface area contributed by atoms with Crippen molar-refractivity contribution in [1.82, 2.24) is 5.32 Å². The van der Waals surface area contributed by atoms with E-state index >= 15 is 4.39 Å². The largest absolute Gasteiger partial charge is 0.496 e. The number of hydrogen-bond donors (Lipinski definition) is 1. The van der Waals surface area contributed by atoms with Crippen LogP contribution in [0.3, 0.4) is 0 Å². The maximum Gasteiger partial charge on any atom is 0.312 e. The summed E-state index contributed by atoms with van der Waals surface area (Å²) in [6.07, 6.45) is 0.0149. The molecule has 1 amide bonds. The second-order valence-corrected chi connectivity index (χ2v) is 13.2. The van der Waals surface area contributed by atoms with Gasteiger partial charge in [-0.1, -0.05) is 42.5 Å². The van der Waals surface area contributed by atoms with Crippen molar-refractivity contribution >= 4 is 28.6 Å². The summed E-state index contributed by atoms with van der Waals surface area (Å²) < 4.78 is 64.3. The number of amides is 1. The Hall–Kier alpha value is -4.54. The Labute approximate surface area is 276 Å². The molecule has 3 aliphatic carbocycles. The monoisotopic (exact) mass is 665 g/mol. The van der Waals surface area contributed by atoms with Gasteiger partial charge in [-0.15, -0.1) is 0 Å². The third kappa shape index (κ3) is 6.34. The van der Waals surface area contributed by atoms with Gasteiger partial charge in [-0.05, 0) is 79.3 Å². The van der Waals surface area contributed by atoms with Crippen molar-refractivity contribution in [3.8, 4) is 11.5 Å². The van der Waals surface area contributed by atoms with Crippen LogP contribution in [0.2, 0.25) is 0 Å². The maximum absolute atomic E-state index is 15.2. The Morgan fingerprint density at radius 1 is 0.979 bits per heavy atom. The molecule has 3 aliphatic rings. The molecule has 2 bridgehead atoms. The highest BCUT2D eigenvalue weighted by atomic mass is 19.3. The number of carbonyl (C=O) groups excluding carboxylic acids is 3. The van der Waals surface area contributed by atoms with Crippen LogP contribution < -0.4 is 14.8 Å². The molecule has 11 heteroatoms. The Morgan fingerprint density at radius 3 is 2.42 bits per heavy atom. The predicted molar refractivity (Wildman–Crippen MR) is 170 cm³/mol. The Morgan fingerprint density at radius 2 is 1.71 bits per heavy atom. The van der Waals surface area contributed by atoms with Crippen LogP contribution in [0.25, 0.3) is 10.8 Å². The van der Waals surface area contributed by atoms with Crippen molar-refractivity contribution in [2.75, 3.05) is 14.2 Å². The molecular formula is C37H38F3NO7. The molecule has 3 saturated carbocycles. The first-order chi connectivity index (χ1) is 23.0. The molecule has 0 unspecified atom stereocenters. The molecule has 0 aliphatic heterocycles. The van der Waals surface area contributed by atoms with E-state index in [2.05, 4.69) is 5.32 Å². The van der Waals surface area contributed by atoms with Crippen LogP contribution in [0.1, 0.15) is 61.4 Å². The van der Waals surface area contributed by atoms with Crippen LogP contribution in [0, 0.1) is 29.0 Å². The zero-order valence-electron chi connectivity index (χ0n) is 27.0. The van der Waals surface area contributed by atoms with Gasteiger partial charge in [0, 0.05) is 18.0 Å². The van der Waals surface area contributed by atoms with Gasteiger partial charge in [0.2, 0.25) is 0 Å². The number of hydrogen-bond acceptors (Lipinski definition) is 7. The molecule has 0 radical (unpaired) electrons. The lowest BCUT2D eigenvalue weighted by molar-refractivity contribution is -0.159. The average Bonchev–Trinajstić information content (AvgIpc) is 3.68. The lowest BCUT2D eigenvalue weighted by atomic mass is 9.74. The fourth-order valence-corrected chi connectivity index (χ4v) is 7.70. The van der Waals surface area contributed by atoms with Crippen LogP contribution >= 0.6 is 0 Å². The van der Waals surface area contributed by atoms with Gasteiger partial charge in [0.25, 0.3) is 12.0 Å². The van der Waals surface area contributed by atoms with Crippen molar-refractivity contribution < 1.29 is 46.5 Å². The highest BCUT2D eigenvalue weighted by Crippen LogP contribution is 2.53. The van der Waals surface area contributed by atoms with Crippen LogP contribution in [-0.2, 0) is 25.7 Å². The van der Waals surface area contributed by atoms with Crippen molar-refractivity contribution in [2.45, 2.75) is 64.2 Å². The number of benzene rings is 3. The molecule has 6 rings (SSSR count). The molecule has 4 atom stereocenters. The van der Waals surface area contributed by atoms with Crippen LogP contribution in [-0.4, -0.2) is 44.2 Å². The van der Waals surface area contributed by atoms with Crippen molar-refractivity contribution in [2.24, 2.45) is 23.2 Å². The van der Waals surface area contributed by atoms with Crippen LogP contribution in [0.4, 0.5) is 13.2 Å². The summed E-state index contributed by atoms with van der Waals surface area (Å²) >= 11 is 0. The van der Waals surface area contributed by atoms with Gasteiger partial charge >= 0.3 is 11.9 Å². The average molecular weight is 666 g/mol. The van der Waals surface area contributed by atoms with Crippen molar-refractivity contribution in [3.63, 3.8) is 0 Å². The summed E-state index contributed by atoms with van der Waals surface area (Å²) in [5.41, 5.74) is 0.0987. The first kappa shape index (κ1) is 33.4. The van der Waals surface area contributed by atoms with Crippen molar-refractivity contribution in [3.05, 3.63) is 83.2 Å². The van der Waals surface area contributed by atoms with Gasteiger partial charge in [0.05, 0.1) is 37.2 Å². The van der Waals surface area contributed by atoms with E-state index in [1.165, 1.54) is 20.3 Å². The summed E-state index contributed by atoms with van der Waals surface area (Å²) in [5, 5.41) is 4.91. The van der Waals surface area contributed by atoms with Gasteiger partial charge in [-0.25, -0.2) is 4.39 Å². The quantitative estimate of drug-likeness (QED) is 0.243. The van der Waals surface area contributed by atoms with Gasteiger partial charge in [0.15, 0.2) is 11.6 Å². The number of halogens is 3. The predicted octanol–water partition coefficient (Wildman–Crippen LogP) is 7.14. The zero-order chi connectivity index (χ0) is 34.2. The Balaban J connectivity index is 1.10. The lowest BCUT2D eigenvalue weighted by Crippen LogP contribution is -2.47. The molecular weight excluding hydrogens is 627 g/mol. The molecule has 0 spiro atoms.